The molecule has 2 fully saturated rings. The molecular weight excluding hydrogens is 328 g/mol. The molecule has 3 heterocycles. The highest BCUT2D eigenvalue weighted by molar-refractivity contribution is 5.89. The molecule has 1 aromatic heterocycles. The molecule has 1 atom stereocenters. The summed E-state index contributed by atoms with van der Waals surface area (Å²) in [5.41, 5.74) is 1.21. The molecule has 2 amide bonds. The van der Waals surface area contributed by atoms with Crippen LogP contribution in [0.2, 0.25) is 0 Å². The van der Waals surface area contributed by atoms with E-state index in [9.17, 15) is 9.59 Å². The highest BCUT2D eigenvalue weighted by atomic mass is 16.2. The van der Waals surface area contributed by atoms with E-state index in [1.54, 1.807) is 6.20 Å². The van der Waals surface area contributed by atoms with Crippen LogP contribution in [0, 0.1) is 11.8 Å². The highest BCUT2D eigenvalue weighted by Gasteiger charge is 2.36. The van der Waals surface area contributed by atoms with Crippen molar-refractivity contribution < 1.29 is 9.59 Å². The Morgan fingerprint density at radius 1 is 1.27 bits per heavy atom. The third kappa shape index (κ3) is 4.81. The molecule has 0 radical (unpaired) electrons. The lowest BCUT2D eigenvalue weighted by Gasteiger charge is -2.25. The monoisotopic (exact) mass is 358 g/mol. The quantitative estimate of drug-likeness (QED) is 0.803. The van der Waals surface area contributed by atoms with Crippen LogP contribution in [-0.4, -0.2) is 70.8 Å². The Labute approximate surface area is 156 Å². The van der Waals surface area contributed by atoms with Crippen molar-refractivity contribution in [1.82, 2.24) is 19.7 Å². The van der Waals surface area contributed by atoms with Crippen LogP contribution in [0.1, 0.15) is 32.3 Å². The van der Waals surface area contributed by atoms with Gasteiger partial charge in [-0.25, -0.2) is 0 Å². The van der Waals surface area contributed by atoms with Crippen molar-refractivity contribution >= 4 is 11.8 Å². The summed E-state index contributed by atoms with van der Waals surface area (Å²) in [6, 6.07) is 4.05. The van der Waals surface area contributed by atoms with Crippen molar-refractivity contribution in [2.24, 2.45) is 11.8 Å². The smallest absolute Gasteiger partial charge is 0.228 e. The maximum atomic E-state index is 12.9. The summed E-state index contributed by atoms with van der Waals surface area (Å²) in [4.78, 5) is 35.5. The average Bonchev–Trinajstić information content (AvgIpc) is 2.82. The number of pyridine rings is 1. The number of hydrogen-bond donors (Lipinski definition) is 0. The largest absolute Gasteiger partial charge is 0.342 e. The summed E-state index contributed by atoms with van der Waals surface area (Å²) in [7, 11) is 0. The van der Waals surface area contributed by atoms with Crippen molar-refractivity contribution in [2.45, 2.75) is 33.2 Å². The van der Waals surface area contributed by atoms with E-state index >= 15 is 0 Å². The van der Waals surface area contributed by atoms with Crippen molar-refractivity contribution in [3.8, 4) is 0 Å². The molecule has 2 aliphatic heterocycles. The first-order chi connectivity index (χ1) is 12.5. The van der Waals surface area contributed by atoms with Gasteiger partial charge in [0.2, 0.25) is 11.8 Å². The Kier molecular flexibility index (Phi) is 6.25. The molecule has 2 saturated heterocycles. The first-order valence-corrected chi connectivity index (χ1v) is 9.70. The van der Waals surface area contributed by atoms with Crippen LogP contribution in [-0.2, 0) is 16.1 Å². The number of carbonyl (C=O) groups is 2. The molecule has 6 heteroatoms. The number of amides is 2. The van der Waals surface area contributed by atoms with Crippen LogP contribution in [0.4, 0.5) is 0 Å². The first-order valence-electron chi connectivity index (χ1n) is 9.70. The van der Waals surface area contributed by atoms with Crippen molar-refractivity contribution in [2.75, 3.05) is 39.3 Å². The van der Waals surface area contributed by atoms with E-state index in [2.05, 4.69) is 29.8 Å². The molecule has 0 saturated carbocycles. The minimum Gasteiger partial charge on any atom is -0.342 e. The molecule has 0 aromatic carbocycles. The van der Waals surface area contributed by atoms with Gasteiger partial charge >= 0.3 is 0 Å². The van der Waals surface area contributed by atoms with Crippen LogP contribution in [0.5, 0.6) is 0 Å². The second kappa shape index (κ2) is 8.62. The Balaban J connectivity index is 1.52. The fourth-order valence-electron chi connectivity index (χ4n) is 3.91. The van der Waals surface area contributed by atoms with Crippen molar-refractivity contribution in [3.05, 3.63) is 30.1 Å². The van der Waals surface area contributed by atoms with E-state index in [1.165, 1.54) is 5.56 Å². The van der Waals surface area contributed by atoms with Gasteiger partial charge in [-0.15, -0.1) is 0 Å². The lowest BCUT2D eigenvalue weighted by Crippen LogP contribution is -2.40. The van der Waals surface area contributed by atoms with Crippen LogP contribution in [0.15, 0.2) is 24.5 Å². The minimum atomic E-state index is -0.161. The van der Waals surface area contributed by atoms with Crippen molar-refractivity contribution in [3.63, 3.8) is 0 Å². The summed E-state index contributed by atoms with van der Waals surface area (Å²) >= 11 is 0. The van der Waals surface area contributed by atoms with Gasteiger partial charge in [0.25, 0.3) is 0 Å². The van der Waals surface area contributed by atoms with E-state index in [0.717, 1.165) is 45.7 Å². The van der Waals surface area contributed by atoms with Gasteiger partial charge in [-0.05, 0) is 24.0 Å². The zero-order chi connectivity index (χ0) is 18.5. The zero-order valence-corrected chi connectivity index (χ0v) is 15.9. The molecule has 0 bridgehead atoms. The molecule has 26 heavy (non-hydrogen) atoms. The molecule has 3 rings (SSSR count). The number of rotatable bonds is 5. The van der Waals surface area contributed by atoms with Gasteiger partial charge in [-0.2, -0.15) is 0 Å². The SMILES string of the molecule is CC(C)CN1CC(C(=O)N2CCCN(Cc3cccnc3)CC2)CC1=O. The minimum absolute atomic E-state index is 0.130. The summed E-state index contributed by atoms with van der Waals surface area (Å²) in [5, 5.41) is 0. The summed E-state index contributed by atoms with van der Waals surface area (Å²) in [6.45, 7) is 9.82. The van der Waals surface area contributed by atoms with Crippen LogP contribution in [0.25, 0.3) is 0 Å². The van der Waals surface area contributed by atoms with E-state index in [0.29, 0.717) is 18.9 Å². The number of hydrogen-bond acceptors (Lipinski definition) is 4. The molecule has 0 N–H and O–H groups in total. The Hall–Kier alpha value is -1.95. The van der Waals surface area contributed by atoms with Gasteiger partial charge < -0.3 is 9.80 Å². The maximum absolute atomic E-state index is 12.9. The molecule has 6 nitrogen and oxygen atoms in total. The van der Waals surface area contributed by atoms with E-state index in [4.69, 9.17) is 0 Å². The lowest BCUT2D eigenvalue weighted by molar-refractivity contribution is -0.135. The number of carbonyl (C=O) groups excluding carboxylic acids is 2. The molecule has 142 valence electrons. The lowest BCUT2D eigenvalue weighted by atomic mass is 10.1. The van der Waals surface area contributed by atoms with Crippen molar-refractivity contribution in [1.29, 1.82) is 0 Å². The normalized spacial score (nSPS) is 22.1. The second-order valence-corrected chi connectivity index (χ2v) is 7.91. The Morgan fingerprint density at radius 2 is 2.12 bits per heavy atom. The average molecular weight is 358 g/mol. The standard InChI is InChI=1S/C20H30N4O2/c1-16(2)13-24-15-18(11-19(24)25)20(26)23-8-4-7-22(9-10-23)14-17-5-3-6-21-12-17/h3,5-6,12,16,18H,4,7-11,13-15H2,1-2H3. The van der Waals surface area contributed by atoms with Gasteiger partial charge in [-0.3, -0.25) is 19.5 Å². The molecule has 0 spiro atoms. The fourth-order valence-corrected chi connectivity index (χ4v) is 3.91. The van der Waals surface area contributed by atoms with Gasteiger partial charge in [0.05, 0.1) is 5.92 Å². The van der Waals surface area contributed by atoms with E-state index < -0.39 is 0 Å². The fraction of sp³-hybridized carbons (Fsp3) is 0.650. The molecule has 0 aliphatic carbocycles. The number of nitrogens with zero attached hydrogens (tertiary/aromatic N) is 4. The zero-order valence-electron chi connectivity index (χ0n) is 15.9. The summed E-state index contributed by atoms with van der Waals surface area (Å²) in [5.74, 6) is 0.566. The van der Waals surface area contributed by atoms with Gasteiger partial charge in [0, 0.05) is 64.6 Å². The van der Waals surface area contributed by atoms with Crippen LogP contribution in [0.3, 0.4) is 0 Å². The van der Waals surface area contributed by atoms with Gasteiger partial charge in [0.15, 0.2) is 0 Å². The van der Waals surface area contributed by atoms with Gasteiger partial charge in [-0.1, -0.05) is 19.9 Å². The predicted octanol–water partition coefficient (Wildman–Crippen LogP) is 1.62. The summed E-state index contributed by atoms with van der Waals surface area (Å²) < 4.78 is 0. The highest BCUT2D eigenvalue weighted by Crippen LogP contribution is 2.22. The number of likely N-dealkylation sites (tertiary alicyclic amines) is 1. The number of aromatic nitrogens is 1. The molecule has 1 aromatic rings. The second-order valence-electron chi connectivity index (χ2n) is 7.91. The third-order valence-corrected chi connectivity index (χ3v) is 5.18. The van der Waals surface area contributed by atoms with Gasteiger partial charge in [0.1, 0.15) is 0 Å². The molecule has 2 aliphatic rings. The van der Waals surface area contributed by atoms with Crippen LogP contribution < -0.4 is 0 Å². The maximum Gasteiger partial charge on any atom is 0.228 e. The van der Waals surface area contributed by atoms with Crippen LogP contribution >= 0.6 is 0 Å². The third-order valence-electron chi connectivity index (χ3n) is 5.18. The Bertz CT molecular complexity index is 619. The van der Waals surface area contributed by atoms with E-state index in [-0.39, 0.29) is 17.7 Å². The topological polar surface area (TPSA) is 56.8 Å². The van der Waals surface area contributed by atoms with E-state index in [1.807, 2.05) is 22.1 Å². The molecule has 1 unspecified atom stereocenters. The Morgan fingerprint density at radius 3 is 2.85 bits per heavy atom. The first kappa shape index (κ1) is 18.8. The summed E-state index contributed by atoms with van der Waals surface area (Å²) in [6.07, 6.45) is 5.04. The molecular formula is C20H30N4O2. The predicted molar refractivity (Wildman–Crippen MR) is 100 cm³/mol.